The summed E-state index contributed by atoms with van der Waals surface area (Å²) in [4.78, 5) is 3.33. The molecule has 80 valence electrons. The van der Waals surface area contributed by atoms with E-state index in [2.05, 4.69) is 4.98 Å². The van der Waals surface area contributed by atoms with Crippen LogP contribution in [0.1, 0.15) is 37.2 Å². The summed E-state index contributed by atoms with van der Waals surface area (Å²) in [6, 6.07) is 1.28. The molecule has 0 aliphatic heterocycles. The summed E-state index contributed by atoms with van der Waals surface area (Å²) < 4.78 is 26.5. The molecule has 1 nitrogen and oxygen atoms in total. The first-order valence-electron chi connectivity index (χ1n) is 5.55. The van der Waals surface area contributed by atoms with E-state index in [1.807, 2.05) is 0 Å². The summed E-state index contributed by atoms with van der Waals surface area (Å²) in [6.45, 7) is 0. The summed E-state index contributed by atoms with van der Waals surface area (Å²) in [7, 11) is 0. The first-order valence-corrected chi connectivity index (χ1v) is 5.55. The van der Waals surface area contributed by atoms with Crippen LogP contribution in [0.5, 0.6) is 0 Å². The quantitative estimate of drug-likeness (QED) is 0.647. The van der Waals surface area contributed by atoms with Gasteiger partial charge in [-0.3, -0.25) is 0 Å². The van der Waals surface area contributed by atoms with E-state index in [1.54, 1.807) is 0 Å². The van der Waals surface area contributed by atoms with Crippen molar-refractivity contribution in [2.24, 2.45) is 11.8 Å². The topological polar surface area (TPSA) is 12.9 Å². The summed E-state index contributed by atoms with van der Waals surface area (Å²) in [5.41, 5.74) is 0.551. The molecule has 0 aromatic carbocycles. The molecule has 1 heterocycles. The molecule has 0 saturated heterocycles. The van der Waals surface area contributed by atoms with Crippen LogP contribution in [0, 0.1) is 23.6 Å². The highest BCUT2D eigenvalue weighted by molar-refractivity contribution is 5.22. The molecule has 1 aromatic heterocycles. The minimum absolute atomic E-state index is 0.237. The van der Waals surface area contributed by atoms with Gasteiger partial charge in [-0.1, -0.05) is 6.42 Å². The second-order valence-electron chi connectivity index (χ2n) is 4.81. The van der Waals surface area contributed by atoms with Crippen molar-refractivity contribution in [2.75, 3.05) is 0 Å². The van der Waals surface area contributed by atoms with Crippen molar-refractivity contribution >= 4 is 0 Å². The molecule has 2 aliphatic rings. The highest BCUT2D eigenvalue weighted by atomic mass is 19.1. The van der Waals surface area contributed by atoms with Gasteiger partial charge < -0.3 is 0 Å². The van der Waals surface area contributed by atoms with Crippen LogP contribution in [-0.4, -0.2) is 4.98 Å². The largest absolute Gasteiger partial charge is 0.225 e. The van der Waals surface area contributed by atoms with Gasteiger partial charge in [0.15, 0.2) is 0 Å². The van der Waals surface area contributed by atoms with Gasteiger partial charge in [0.05, 0.1) is 6.20 Å². The third-order valence-electron chi connectivity index (χ3n) is 3.99. The first-order chi connectivity index (χ1) is 7.24. The third-order valence-corrected chi connectivity index (χ3v) is 3.99. The molecular weight excluding hydrogens is 196 g/mol. The van der Waals surface area contributed by atoms with E-state index in [1.165, 1.54) is 25.3 Å². The molecule has 3 heteroatoms. The van der Waals surface area contributed by atoms with Crippen molar-refractivity contribution in [2.45, 2.75) is 31.6 Å². The van der Waals surface area contributed by atoms with Crippen molar-refractivity contribution in [3.8, 4) is 0 Å². The van der Waals surface area contributed by atoms with E-state index in [9.17, 15) is 8.78 Å². The Morgan fingerprint density at radius 3 is 2.73 bits per heavy atom. The van der Waals surface area contributed by atoms with Crippen LogP contribution >= 0.6 is 0 Å². The lowest BCUT2D eigenvalue weighted by Gasteiger charge is -2.22. The lowest BCUT2D eigenvalue weighted by Crippen LogP contribution is -2.11. The molecule has 2 aliphatic carbocycles. The maximum Gasteiger partial charge on any atom is 0.213 e. The van der Waals surface area contributed by atoms with Crippen LogP contribution in [0.25, 0.3) is 0 Å². The standard InChI is InChI=1S/C12H13F2N/c13-11-6-15-12(14)5-10(11)9-4-7-1-2-8(9)3-7/h5-9H,1-4H2. The summed E-state index contributed by atoms with van der Waals surface area (Å²) in [6.07, 6.45) is 5.70. The van der Waals surface area contributed by atoms with E-state index in [-0.39, 0.29) is 11.7 Å². The Hall–Kier alpha value is -0.990. The smallest absolute Gasteiger partial charge is 0.213 e. The van der Waals surface area contributed by atoms with Crippen LogP contribution in [0.3, 0.4) is 0 Å². The van der Waals surface area contributed by atoms with E-state index in [0.717, 1.165) is 18.5 Å². The number of hydrogen-bond donors (Lipinski definition) is 0. The Bertz CT molecular complexity index is 391. The van der Waals surface area contributed by atoms with Gasteiger partial charge in [-0.05, 0) is 48.6 Å². The van der Waals surface area contributed by atoms with Gasteiger partial charge in [0, 0.05) is 0 Å². The molecule has 15 heavy (non-hydrogen) atoms. The zero-order valence-electron chi connectivity index (χ0n) is 8.42. The number of nitrogens with zero attached hydrogens (tertiary/aromatic N) is 1. The summed E-state index contributed by atoms with van der Waals surface area (Å²) >= 11 is 0. The average Bonchev–Trinajstić information content (AvgIpc) is 2.83. The molecular formula is C12H13F2N. The lowest BCUT2D eigenvalue weighted by atomic mass is 9.84. The van der Waals surface area contributed by atoms with Crippen molar-refractivity contribution in [1.82, 2.24) is 4.98 Å². The van der Waals surface area contributed by atoms with Crippen molar-refractivity contribution in [1.29, 1.82) is 0 Å². The zero-order chi connectivity index (χ0) is 10.4. The second kappa shape index (κ2) is 3.26. The number of pyridine rings is 1. The zero-order valence-corrected chi connectivity index (χ0v) is 8.42. The van der Waals surface area contributed by atoms with E-state index in [4.69, 9.17) is 0 Å². The molecule has 2 fully saturated rings. The Morgan fingerprint density at radius 1 is 1.20 bits per heavy atom. The van der Waals surface area contributed by atoms with Gasteiger partial charge in [0.2, 0.25) is 5.95 Å². The summed E-state index contributed by atoms with van der Waals surface area (Å²) in [5.74, 6) is 0.659. The van der Waals surface area contributed by atoms with Gasteiger partial charge in [-0.25, -0.2) is 9.37 Å². The summed E-state index contributed by atoms with van der Waals surface area (Å²) in [5, 5.41) is 0. The van der Waals surface area contributed by atoms with Crippen LogP contribution in [0.15, 0.2) is 12.3 Å². The van der Waals surface area contributed by atoms with Gasteiger partial charge in [-0.2, -0.15) is 4.39 Å². The molecule has 3 unspecified atom stereocenters. The van der Waals surface area contributed by atoms with E-state index < -0.39 is 5.95 Å². The molecule has 0 amide bonds. The molecule has 2 saturated carbocycles. The molecule has 1 aromatic rings. The average molecular weight is 209 g/mol. The fourth-order valence-electron chi connectivity index (χ4n) is 3.34. The monoisotopic (exact) mass is 209 g/mol. The number of fused-ring (bicyclic) bond motifs is 2. The fraction of sp³-hybridized carbons (Fsp3) is 0.583. The highest BCUT2D eigenvalue weighted by Crippen LogP contribution is 2.53. The fourth-order valence-corrected chi connectivity index (χ4v) is 3.34. The van der Waals surface area contributed by atoms with E-state index in [0.29, 0.717) is 11.5 Å². The maximum absolute atomic E-state index is 13.5. The minimum atomic E-state index is -0.561. The molecule has 0 spiro atoms. The number of hydrogen-bond acceptors (Lipinski definition) is 1. The number of aromatic nitrogens is 1. The third kappa shape index (κ3) is 1.45. The number of rotatable bonds is 1. The predicted molar refractivity (Wildman–Crippen MR) is 52.3 cm³/mol. The highest BCUT2D eigenvalue weighted by Gasteiger charge is 2.41. The number of halogens is 2. The van der Waals surface area contributed by atoms with Crippen LogP contribution in [0.4, 0.5) is 8.78 Å². The van der Waals surface area contributed by atoms with Gasteiger partial charge in [0.1, 0.15) is 5.82 Å². The maximum atomic E-state index is 13.5. The Morgan fingerprint density at radius 2 is 2.07 bits per heavy atom. The molecule has 2 bridgehead atoms. The Kier molecular flexibility index (Phi) is 2.01. The normalized spacial score (nSPS) is 33.6. The minimum Gasteiger partial charge on any atom is -0.225 e. The predicted octanol–water partition coefficient (Wildman–Crippen LogP) is 3.26. The van der Waals surface area contributed by atoms with Gasteiger partial charge in [0.25, 0.3) is 0 Å². The molecule has 0 N–H and O–H groups in total. The molecule has 0 radical (unpaired) electrons. The van der Waals surface area contributed by atoms with Crippen LogP contribution in [0.2, 0.25) is 0 Å². The van der Waals surface area contributed by atoms with Crippen molar-refractivity contribution in [3.05, 3.63) is 29.6 Å². The first kappa shape index (κ1) is 9.25. The SMILES string of the molecule is Fc1cc(C2CC3CCC2C3)c(F)cn1. The Balaban J connectivity index is 1.96. The second-order valence-corrected chi connectivity index (χ2v) is 4.81. The van der Waals surface area contributed by atoms with Crippen LogP contribution in [-0.2, 0) is 0 Å². The van der Waals surface area contributed by atoms with Crippen molar-refractivity contribution in [3.63, 3.8) is 0 Å². The van der Waals surface area contributed by atoms with Crippen molar-refractivity contribution < 1.29 is 8.78 Å². The van der Waals surface area contributed by atoms with E-state index >= 15 is 0 Å². The Labute approximate surface area is 87.5 Å². The lowest BCUT2D eigenvalue weighted by molar-refractivity contribution is 0.403. The van der Waals surface area contributed by atoms with Crippen LogP contribution < -0.4 is 0 Å². The van der Waals surface area contributed by atoms with Gasteiger partial charge in [-0.15, -0.1) is 0 Å². The van der Waals surface area contributed by atoms with Gasteiger partial charge >= 0.3 is 0 Å². The molecule has 3 atom stereocenters. The molecule has 3 rings (SSSR count).